The van der Waals surface area contributed by atoms with Crippen LogP contribution in [0.1, 0.15) is 82.1 Å². The summed E-state index contributed by atoms with van der Waals surface area (Å²) in [6, 6.07) is 0. The zero-order valence-corrected chi connectivity index (χ0v) is 17.2. The fourth-order valence-electron chi connectivity index (χ4n) is 2.16. The summed E-state index contributed by atoms with van der Waals surface area (Å²) in [6.07, 6.45) is 1.45. The van der Waals surface area contributed by atoms with Gasteiger partial charge in [0.1, 0.15) is 11.2 Å². The van der Waals surface area contributed by atoms with Gasteiger partial charge in [0.2, 0.25) is 0 Å². The van der Waals surface area contributed by atoms with Gasteiger partial charge >= 0.3 is 11.9 Å². The molecule has 0 radical (unpaired) electrons. The van der Waals surface area contributed by atoms with Crippen LogP contribution in [0, 0.1) is 5.41 Å². The lowest BCUT2D eigenvalue weighted by molar-refractivity contribution is -0.178. The predicted molar refractivity (Wildman–Crippen MR) is 94.7 cm³/mol. The van der Waals surface area contributed by atoms with Gasteiger partial charge in [0.15, 0.2) is 0 Å². The molecule has 5 nitrogen and oxygen atoms in total. The van der Waals surface area contributed by atoms with Crippen LogP contribution in [0.3, 0.4) is 0 Å². The lowest BCUT2D eigenvalue weighted by atomic mass is 9.77. The van der Waals surface area contributed by atoms with E-state index in [1.54, 1.807) is 0 Å². The van der Waals surface area contributed by atoms with Gasteiger partial charge in [-0.05, 0) is 54.4 Å². The van der Waals surface area contributed by atoms with E-state index >= 15 is 0 Å². The zero-order chi connectivity index (χ0) is 19.4. The number of hydrogen-bond acceptors (Lipinski definition) is 5. The molecule has 0 aliphatic carbocycles. The maximum atomic E-state index is 11.3. The maximum absolute atomic E-state index is 11.3. The van der Waals surface area contributed by atoms with E-state index in [1.165, 1.54) is 13.8 Å². The van der Waals surface area contributed by atoms with E-state index in [0.29, 0.717) is 13.0 Å². The molecule has 0 heterocycles. The highest BCUT2D eigenvalue weighted by atomic mass is 16.6. The number of carbonyl (C=O) groups excluding carboxylic acids is 2. The van der Waals surface area contributed by atoms with Crippen LogP contribution in [0.2, 0.25) is 0 Å². The van der Waals surface area contributed by atoms with E-state index in [0.717, 1.165) is 6.42 Å². The Balaban J connectivity index is 4.71. The standard InChI is InChI=1S/C19H36O5/c1-14(20)23-18(7,8)12-11-17(5,6)22-13-16(3,4)19(9,10)24-15(2)21/h11-13H2,1-10H3. The fourth-order valence-corrected chi connectivity index (χ4v) is 2.16. The van der Waals surface area contributed by atoms with Gasteiger partial charge in [0, 0.05) is 19.3 Å². The highest BCUT2D eigenvalue weighted by Gasteiger charge is 2.41. The molecule has 0 aromatic rings. The summed E-state index contributed by atoms with van der Waals surface area (Å²) in [4.78, 5) is 22.4. The summed E-state index contributed by atoms with van der Waals surface area (Å²) in [5.41, 5.74) is -1.87. The molecular weight excluding hydrogens is 308 g/mol. The number of ether oxygens (including phenoxy) is 3. The van der Waals surface area contributed by atoms with E-state index in [-0.39, 0.29) is 23.0 Å². The molecule has 0 aromatic heterocycles. The van der Waals surface area contributed by atoms with Crippen LogP contribution >= 0.6 is 0 Å². The first-order valence-electron chi connectivity index (χ1n) is 8.53. The van der Waals surface area contributed by atoms with Crippen molar-refractivity contribution in [2.75, 3.05) is 6.61 Å². The molecule has 24 heavy (non-hydrogen) atoms. The van der Waals surface area contributed by atoms with E-state index in [1.807, 2.05) is 55.4 Å². The molecule has 0 rings (SSSR count). The van der Waals surface area contributed by atoms with Gasteiger partial charge < -0.3 is 14.2 Å². The molecule has 0 N–H and O–H groups in total. The van der Waals surface area contributed by atoms with Crippen LogP contribution in [0.15, 0.2) is 0 Å². The molecule has 0 aliphatic rings. The minimum atomic E-state index is -0.633. The second-order valence-electron chi connectivity index (χ2n) is 8.89. The Hall–Kier alpha value is -1.10. The van der Waals surface area contributed by atoms with Crippen molar-refractivity contribution in [3.8, 4) is 0 Å². The monoisotopic (exact) mass is 344 g/mol. The number of rotatable bonds is 9. The quantitative estimate of drug-likeness (QED) is 0.585. The molecule has 5 heteroatoms. The second-order valence-corrected chi connectivity index (χ2v) is 8.89. The van der Waals surface area contributed by atoms with Crippen molar-refractivity contribution in [2.45, 2.75) is 98.9 Å². The minimum absolute atomic E-state index is 0.275. The van der Waals surface area contributed by atoms with Crippen molar-refractivity contribution < 1.29 is 23.8 Å². The third-order valence-electron chi connectivity index (χ3n) is 4.60. The van der Waals surface area contributed by atoms with Gasteiger partial charge in [0.25, 0.3) is 0 Å². The average Bonchev–Trinajstić information content (AvgIpc) is 2.31. The number of esters is 2. The van der Waals surface area contributed by atoms with Gasteiger partial charge in [-0.25, -0.2) is 0 Å². The number of hydrogen-bond donors (Lipinski definition) is 0. The van der Waals surface area contributed by atoms with Crippen LogP contribution in [0.5, 0.6) is 0 Å². The van der Waals surface area contributed by atoms with Crippen molar-refractivity contribution in [3.05, 3.63) is 0 Å². The van der Waals surface area contributed by atoms with Crippen molar-refractivity contribution in [2.24, 2.45) is 5.41 Å². The van der Waals surface area contributed by atoms with E-state index < -0.39 is 11.2 Å². The van der Waals surface area contributed by atoms with Gasteiger partial charge in [0.05, 0.1) is 12.2 Å². The summed E-state index contributed by atoms with van der Waals surface area (Å²) in [6.45, 7) is 19.0. The Bertz CT molecular complexity index is 447. The van der Waals surface area contributed by atoms with Gasteiger partial charge in [-0.1, -0.05) is 13.8 Å². The van der Waals surface area contributed by atoms with Crippen LogP contribution in [-0.4, -0.2) is 35.3 Å². The predicted octanol–water partition coefficient (Wildman–Crippen LogP) is 4.27. The Kier molecular flexibility index (Phi) is 7.49. The summed E-state index contributed by atoms with van der Waals surface area (Å²) in [7, 11) is 0. The molecule has 0 aromatic carbocycles. The highest BCUT2D eigenvalue weighted by molar-refractivity contribution is 5.66. The zero-order valence-electron chi connectivity index (χ0n) is 17.2. The lowest BCUT2D eigenvalue weighted by Crippen LogP contribution is -2.47. The average molecular weight is 344 g/mol. The first kappa shape index (κ1) is 22.9. The molecular formula is C19H36O5. The molecule has 0 amide bonds. The Morgan fingerprint density at radius 1 is 0.708 bits per heavy atom. The Labute approximate surface area is 147 Å². The molecule has 0 bridgehead atoms. The largest absolute Gasteiger partial charge is 0.460 e. The van der Waals surface area contributed by atoms with Crippen LogP contribution < -0.4 is 0 Å². The van der Waals surface area contributed by atoms with Crippen LogP contribution in [-0.2, 0) is 23.8 Å². The molecule has 0 atom stereocenters. The minimum Gasteiger partial charge on any atom is -0.460 e. The first-order chi connectivity index (χ1) is 10.5. The smallest absolute Gasteiger partial charge is 0.303 e. The summed E-state index contributed by atoms with van der Waals surface area (Å²) >= 11 is 0. The third-order valence-corrected chi connectivity index (χ3v) is 4.60. The van der Waals surface area contributed by atoms with Crippen molar-refractivity contribution in [1.29, 1.82) is 0 Å². The first-order valence-corrected chi connectivity index (χ1v) is 8.53. The Morgan fingerprint density at radius 3 is 1.54 bits per heavy atom. The molecule has 0 spiro atoms. The number of carbonyl (C=O) groups is 2. The van der Waals surface area contributed by atoms with Gasteiger partial charge in [-0.15, -0.1) is 0 Å². The highest BCUT2D eigenvalue weighted by Crippen LogP contribution is 2.36. The SMILES string of the molecule is CC(=O)OC(C)(C)CCC(C)(C)OCC(C)(C)C(C)(C)OC(C)=O. The fraction of sp³-hybridized carbons (Fsp3) is 0.895. The summed E-state index contributed by atoms with van der Waals surface area (Å²) in [5, 5.41) is 0. The van der Waals surface area contributed by atoms with Crippen molar-refractivity contribution in [3.63, 3.8) is 0 Å². The van der Waals surface area contributed by atoms with E-state index in [4.69, 9.17) is 14.2 Å². The normalized spacial score (nSPS) is 13.6. The van der Waals surface area contributed by atoms with Gasteiger partial charge in [-0.2, -0.15) is 0 Å². The lowest BCUT2D eigenvalue weighted by Gasteiger charge is -2.42. The second kappa shape index (κ2) is 7.85. The maximum Gasteiger partial charge on any atom is 0.303 e. The van der Waals surface area contributed by atoms with Crippen molar-refractivity contribution >= 4 is 11.9 Å². The van der Waals surface area contributed by atoms with Gasteiger partial charge in [-0.3, -0.25) is 9.59 Å². The molecule has 0 fully saturated rings. The molecule has 0 saturated heterocycles. The molecule has 0 unspecified atom stereocenters. The summed E-state index contributed by atoms with van der Waals surface area (Å²) < 4.78 is 16.9. The molecule has 142 valence electrons. The summed E-state index contributed by atoms with van der Waals surface area (Å²) in [5.74, 6) is -0.571. The van der Waals surface area contributed by atoms with Crippen molar-refractivity contribution in [1.82, 2.24) is 0 Å². The van der Waals surface area contributed by atoms with Crippen LogP contribution in [0.4, 0.5) is 0 Å². The Morgan fingerprint density at radius 2 is 1.12 bits per heavy atom. The third kappa shape index (κ3) is 8.13. The van der Waals surface area contributed by atoms with Crippen LogP contribution in [0.25, 0.3) is 0 Å². The molecule has 0 saturated carbocycles. The topological polar surface area (TPSA) is 61.8 Å². The van der Waals surface area contributed by atoms with E-state index in [2.05, 4.69) is 0 Å². The van der Waals surface area contributed by atoms with E-state index in [9.17, 15) is 9.59 Å². The molecule has 0 aliphatic heterocycles.